The summed E-state index contributed by atoms with van der Waals surface area (Å²) in [6.07, 6.45) is -0.425. The summed E-state index contributed by atoms with van der Waals surface area (Å²) < 4.78 is 24.8. The van der Waals surface area contributed by atoms with Crippen molar-refractivity contribution in [3.05, 3.63) is 22.6 Å². The zero-order valence-corrected chi connectivity index (χ0v) is 18.7. The lowest BCUT2D eigenvalue weighted by Crippen LogP contribution is -2.34. The number of hydrogen-bond donors (Lipinski definition) is 6. The van der Waals surface area contributed by atoms with E-state index in [0.29, 0.717) is 6.42 Å². The number of H-pyrrole nitrogens is 1. The Hall–Kier alpha value is -1.79. The standard InChI is InChI=1S/C18H31N4O8P/c1-4-13(25)31(27,28)30-18(3,5-2)7-9-29-16(12(24)10-23)22-8-6-11-14(22)20-17(19)21-15(11)26/h6,8,12-13,16,23-25H,4-5,7,9-10H2,1-3H3,(H,27,28)(H3,19,20,21,26)/t12-,13?,16-,18?/m1/s1. The van der Waals surface area contributed by atoms with Crippen molar-refractivity contribution in [1.29, 1.82) is 0 Å². The van der Waals surface area contributed by atoms with E-state index >= 15 is 0 Å². The Balaban J connectivity index is 2.21. The van der Waals surface area contributed by atoms with Crippen LogP contribution in [0.15, 0.2) is 17.1 Å². The first-order chi connectivity index (χ1) is 14.5. The molecule has 176 valence electrons. The summed E-state index contributed by atoms with van der Waals surface area (Å²) in [4.78, 5) is 28.5. The second kappa shape index (κ2) is 10.2. The van der Waals surface area contributed by atoms with Gasteiger partial charge in [0, 0.05) is 12.6 Å². The minimum atomic E-state index is -4.26. The van der Waals surface area contributed by atoms with E-state index in [1.807, 2.05) is 0 Å². The van der Waals surface area contributed by atoms with Crippen LogP contribution in [0.3, 0.4) is 0 Å². The monoisotopic (exact) mass is 462 g/mol. The maximum Gasteiger partial charge on any atom is 0.356 e. The molecular formula is C18H31N4O8P. The Morgan fingerprint density at radius 3 is 2.65 bits per heavy atom. The van der Waals surface area contributed by atoms with Crippen LogP contribution in [0.5, 0.6) is 0 Å². The normalized spacial score (nSPS) is 18.9. The van der Waals surface area contributed by atoms with Gasteiger partial charge in [0.2, 0.25) is 5.95 Å². The summed E-state index contributed by atoms with van der Waals surface area (Å²) in [5.41, 5.74) is 4.23. The highest BCUT2D eigenvalue weighted by Gasteiger charge is 2.38. The molecule has 0 radical (unpaired) electrons. The fourth-order valence-corrected chi connectivity index (χ4v) is 4.46. The second-order valence-corrected chi connectivity index (χ2v) is 9.43. The highest BCUT2D eigenvalue weighted by Crippen LogP contribution is 2.52. The molecule has 0 fully saturated rings. The molecule has 2 rings (SSSR count). The van der Waals surface area contributed by atoms with E-state index in [-0.39, 0.29) is 36.4 Å². The van der Waals surface area contributed by atoms with Gasteiger partial charge in [0.1, 0.15) is 6.10 Å². The molecule has 0 saturated carbocycles. The van der Waals surface area contributed by atoms with Gasteiger partial charge in [0.05, 0.1) is 24.2 Å². The van der Waals surface area contributed by atoms with Crippen LogP contribution in [0, 0.1) is 0 Å². The first-order valence-corrected chi connectivity index (χ1v) is 11.6. The van der Waals surface area contributed by atoms with Crippen molar-refractivity contribution < 1.29 is 34.0 Å². The number of nitrogens with one attached hydrogen (secondary N) is 1. The Kier molecular flexibility index (Phi) is 8.40. The quantitative estimate of drug-likeness (QED) is 0.244. The molecule has 2 heterocycles. The van der Waals surface area contributed by atoms with Crippen LogP contribution < -0.4 is 11.3 Å². The largest absolute Gasteiger partial charge is 0.394 e. The molecule has 3 unspecified atom stereocenters. The number of aromatic amines is 1. The zero-order chi connectivity index (χ0) is 23.4. The maximum atomic E-state index is 12.3. The molecule has 13 heteroatoms. The molecule has 2 aromatic rings. The number of aromatic nitrogens is 3. The molecule has 0 aliphatic heterocycles. The third-order valence-electron chi connectivity index (χ3n) is 5.15. The lowest BCUT2D eigenvalue weighted by atomic mass is 10.0. The van der Waals surface area contributed by atoms with Gasteiger partial charge >= 0.3 is 7.60 Å². The molecule has 0 aliphatic carbocycles. The molecule has 0 spiro atoms. The predicted octanol–water partition coefficient (Wildman–Crippen LogP) is 0.664. The zero-order valence-electron chi connectivity index (χ0n) is 17.8. The van der Waals surface area contributed by atoms with Gasteiger partial charge in [-0.15, -0.1) is 0 Å². The van der Waals surface area contributed by atoms with Crippen LogP contribution in [0.25, 0.3) is 11.0 Å². The van der Waals surface area contributed by atoms with Crippen molar-refractivity contribution in [3.63, 3.8) is 0 Å². The molecule has 0 aliphatic rings. The highest BCUT2D eigenvalue weighted by atomic mass is 31.2. The van der Waals surface area contributed by atoms with Gasteiger partial charge in [-0.3, -0.25) is 14.3 Å². The number of fused-ring (bicyclic) bond motifs is 1. The fourth-order valence-electron chi connectivity index (χ4n) is 3.02. The molecular weight excluding hydrogens is 431 g/mol. The number of rotatable bonds is 12. The van der Waals surface area contributed by atoms with Gasteiger partial charge in [-0.05, 0) is 25.8 Å². The molecule has 31 heavy (non-hydrogen) atoms. The van der Waals surface area contributed by atoms with E-state index in [1.54, 1.807) is 20.8 Å². The average Bonchev–Trinajstić information content (AvgIpc) is 3.13. The summed E-state index contributed by atoms with van der Waals surface area (Å²) in [6.45, 7) is 4.28. The van der Waals surface area contributed by atoms with E-state index in [0.717, 1.165) is 0 Å². The lowest BCUT2D eigenvalue weighted by Gasteiger charge is -2.33. The summed E-state index contributed by atoms with van der Waals surface area (Å²) in [5.74, 6) is -1.61. The smallest absolute Gasteiger partial charge is 0.356 e. The maximum absolute atomic E-state index is 12.3. The summed E-state index contributed by atoms with van der Waals surface area (Å²) in [6, 6.07) is 1.48. The van der Waals surface area contributed by atoms with Gasteiger partial charge in [-0.25, -0.2) is 0 Å². The van der Waals surface area contributed by atoms with Gasteiger partial charge < -0.3 is 39.8 Å². The Bertz CT molecular complexity index is 979. The third-order valence-corrected chi connectivity index (χ3v) is 6.97. The lowest BCUT2D eigenvalue weighted by molar-refractivity contribution is -0.106. The van der Waals surface area contributed by atoms with E-state index in [1.165, 1.54) is 16.8 Å². The van der Waals surface area contributed by atoms with E-state index in [2.05, 4.69) is 9.97 Å². The Labute approximate surface area is 179 Å². The molecule has 5 atom stereocenters. The Morgan fingerprint density at radius 2 is 2.06 bits per heavy atom. The number of nitrogens with two attached hydrogens (primary N) is 1. The number of aliphatic hydroxyl groups is 3. The van der Waals surface area contributed by atoms with Crippen molar-refractivity contribution in [1.82, 2.24) is 14.5 Å². The van der Waals surface area contributed by atoms with Crippen molar-refractivity contribution in [2.75, 3.05) is 18.9 Å². The van der Waals surface area contributed by atoms with Gasteiger partial charge in [-0.1, -0.05) is 13.8 Å². The highest BCUT2D eigenvalue weighted by molar-refractivity contribution is 7.53. The SMILES string of the molecule is CCC(O)P(=O)(O)OC(C)(CC)CCO[C@H]([C@H](O)CO)n1ccc2c(=O)[nH]c(N)nc21. The summed E-state index contributed by atoms with van der Waals surface area (Å²) in [5, 5.41) is 29.7. The van der Waals surface area contributed by atoms with Crippen LogP contribution in [0.1, 0.15) is 46.3 Å². The number of anilines is 1. The second-order valence-electron chi connectivity index (χ2n) is 7.52. The van der Waals surface area contributed by atoms with Crippen LogP contribution in [-0.2, 0) is 13.8 Å². The average molecular weight is 462 g/mol. The molecule has 12 nitrogen and oxygen atoms in total. The first-order valence-electron chi connectivity index (χ1n) is 9.96. The van der Waals surface area contributed by atoms with Gasteiger partial charge in [0.15, 0.2) is 17.7 Å². The summed E-state index contributed by atoms with van der Waals surface area (Å²) >= 11 is 0. The molecule has 0 amide bonds. The number of hydrogen-bond acceptors (Lipinski definition) is 9. The predicted molar refractivity (Wildman–Crippen MR) is 113 cm³/mol. The molecule has 0 aromatic carbocycles. The van der Waals surface area contributed by atoms with Crippen LogP contribution in [-0.4, -0.2) is 65.5 Å². The molecule has 2 aromatic heterocycles. The molecule has 7 N–H and O–H groups in total. The fraction of sp³-hybridized carbons (Fsp3) is 0.667. The minimum Gasteiger partial charge on any atom is -0.394 e. The van der Waals surface area contributed by atoms with E-state index in [4.69, 9.17) is 15.0 Å². The van der Waals surface area contributed by atoms with Gasteiger partial charge in [-0.2, -0.15) is 4.98 Å². The summed E-state index contributed by atoms with van der Waals surface area (Å²) in [7, 11) is -4.26. The number of nitrogen functional groups attached to an aromatic ring is 1. The van der Waals surface area contributed by atoms with E-state index in [9.17, 15) is 29.6 Å². The number of ether oxygens (including phenoxy) is 1. The van der Waals surface area contributed by atoms with Crippen molar-refractivity contribution in [2.24, 2.45) is 0 Å². The van der Waals surface area contributed by atoms with Crippen molar-refractivity contribution >= 4 is 24.6 Å². The Morgan fingerprint density at radius 1 is 1.39 bits per heavy atom. The van der Waals surface area contributed by atoms with E-state index < -0.39 is 43.5 Å². The van der Waals surface area contributed by atoms with Crippen molar-refractivity contribution in [3.8, 4) is 0 Å². The van der Waals surface area contributed by atoms with Crippen LogP contribution in [0.4, 0.5) is 5.95 Å². The van der Waals surface area contributed by atoms with Crippen molar-refractivity contribution in [2.45, 2.75) is 63.8 Å². The minimum absolute atomic E-state index is 0.0351. The van der Waals surface area contributed by atoms with Gasteiger partial charge in [0.25, 0.3) is 5.56 Å². The van der Waals surface area contributed by atoms with Crippen LogP contribution in [0.2, 0.25) is 0 Å². The molecule has 0 bridgehead atoms. The molecule has 0 saturated heterocycles. The number of aliphatic hydroxyl groups excluding tert-OH is 3. The first kappa shape index (κ1) is 25.5. The third kappa shape index (κ3) is 5.92. The number of nitrogens with zero attached hydrogens (tertiary/aromatic N) is 2. The van der Waals surface area contributed by atoms with Crippen LogP contribution >= 0.6 is 7.60 Å². The topological polar surface area (TPSA) is 193 Å².